The lowest BCUT2D eigenvalue weighted by molar-refractivity contribution is 0.158. The molecule has 0 radical (unpaired) electrons. The first-order chi connectivity index (χ1) is 13.3. The van der Waals surface area contributed by atoms with E-state index in [0.29, 0.717) is 13.3 Å². The third-order valence-electron chi connectivity index (χ3n) is 5.31. The number of guanidine groups is 1. The number of hydrogen-bond acceptors (Lipinski definition) is 4. The van der Waals surface area contributed by atoms with Crippen LogP contribution in [-0.2, 0) is 6.54 Å². The van der Waals surface area contributed by atoms with Crippen LogP contribution < -0.4 is 20.1 Å². The number of likely N-dealkylation sites (tertiary alicyclic amines) is 1. The van der Waals surface area contributed by atoms with E-state index in [9.17, 15) is 0 Å². The van der Waals surface area contributed by atoms with Gasteiger partial charge in [-0.3, -0.25) is 0 Å². The molecule has 3 rings (SSSR count). The summed E-state index contributed by atoms with van der Waals surface area (Å²) in [6.45, 7) is 9.69. The summed E-state index contributed by atoms with van der Waals surface area (Å²) in [4.78, 5) is 7.34. The van der Waals surface area contributed by atoms with Gasteiger partial charge in [0.25, 0.3) is 0 Å². The molecule has 1 fully saturated rings. The minimum Gasteiger partial charge on any atom is -0.454 e. The van der Waals surface area contributed by atoms with E-state index in [1.807, 2.05) is 18.2 Å². The summed E-state index contributed by atoms with van der Waals surface area (Å²) >= 11 is 0. The van der Waals surface area contributed by atoms with Gasteiger partial charge in [0.05, 0.1) is 6.54 Å². The van der Waals surface area contributed by atoms with Crippen molar-refractivity contribution in [1.82, 2.24) is 15.5 Å². The Balaban J connectivity index is 0.00000280. The maximum atomic E-state index is 5.44. The van der Waals surface area contributed by atoms with E-state index >= 15 is 0 Å². The topological polar surface area (TPSA) is 58.1 Å². The van der Waals surface area contributed by atoms with Crippen LogP contribution in [0.15, 0.2) is 23.2 Å². The molecule has 0 saturated carbocycles. The Labute approximate surface area is 186 Å². The second-order valence-corrected chi connectivity index (χ2v) is 7.40. The van der Waals surface area contributed by atoms with Gasteiger partial charge in [-0.15, -0.1) is 24.0 Å². The van der Waals surface area contributed by atoms with Gasteiger partial charge in [-0.05, 0) is 70.3 Å². The Hall–Kier alpha value is -1.22. The summed E-state index contributed by atoms with van der Waals surface area (Å²) in [5.74, 6) is 2.50. The fourth-order valence-corrected chi connectivity index (χ4v) is 3.69. The fourth-order valence-electron chi connectivity index (χ4n) is 3.69. The van der Waals surface area contributed by atoms with Gasteiger partial charge in [-0.1, -0.05) is 12.5 Å². The highest BCUT2D eigenvalue weighted by Crippen LogP contribution is 2.32. The van der Waals surface area contributed by atoms with Crippen molar-refractivity contribution in [2.24, 2.45) is 4.99 Å². The van der Waals surface area contributed by atoms with Gasteiger partial charge in [0.2, 0.25) is 6.79 Å². The molecule has 0 aliphatic carbocycles. The van der Waals surface area contributed by atoms with Crippen LogP contribution in [0, 0.1) is 0 Å². The second kappa shape index (κ2) is 12.4. The molecule has 28 heavy (non-hydrogen) atoms. The molecular formula is C21H35IN4O2. The first-order valence-corrected chi connectivity index (χ1v) is 10.4. The Kier molecular flexibility index (Phi) is 10.2. The van der Waals surface area contributed by atoms with E-state index in [0.717, 1.165) is 48.6 Å². The lowest BCUT2D eigenvalue weighted by Crippen LogP contribution is -2.39. The van der Waals surface area contributed by atoms with Crippen LogP contribution in [0.1, 0.15) is 51.5 Å². The number of nitrogens with zero attached hydrogens (tertiary/aromatic N) is 2. The number of piperidine rings is 1. The average molecular weight is 502 g/mol. The maximum absolute atomic E-state index is 5.44. The van der Waals surface area contributed by atoms with Crippen LogP contribution in [0.25, 0.3) is 0 Å². The molecule has 2 N–H and O–H groups in total. The molecule has 0 aromatic heterocycles. The van der Waals surface area contributed by atoms with Gasteiger partial charge in [-0.2, -0.15) is 0 Å². The first kappa shape index (κ1) is 23.1. The minimum absolute atomic E-state index is 0. The Morgan fingerprint density at radius 1 is 1.18 bits per heavy atom. The third-order valence-corrected chi connectivity index (χ3v) is 5.31. The molecule has 0 spiro atoms. The highest BCUT2D eigenvalue weighted by molar-refractivity contribution is 14.0. The number of nitrogens with one attached hydrogen (secondary N) is 2. The van der Waals surface area contributed by atoms with Crippen molar-refractivity contribution in [3.63, 3.8) is 0 Å². The number of aliphatic imine (C=N–C) groups is 1. The number of hydrogen-bond donors (Lipinski definition) is 2. The molecule has 1 atom stereocenters. The normalized spacial score (nSPS) is 19.2. The average Bonchev–Trinajstić information content (AvgIpc) is 3.15. The maximum Gasteiger partial charge on any atom is 0.231 e. The summed E-state index contributed by atoms with van der Waals surface area (Å²) in [6.07, 6.45) is 6.51. The highest BCUT2D eigenvalue weighted by atomic mass is 127. The van der Waals surface area contributed by atoms with Gasteiger partial charge in [0, 0.05) is 19.1 Å². The molecule has 1 aromatic rings. The number of ether oxygens (including phenoxy) is 2. The number of rotatable bonds is 8. The van der Waals surface area contributed by atoms with Crippen molar-refractivity contribution in [2.45, 2.75) is 58.5 Å². The zero-order valence-electron chi connectivity index (χ0n) is 17.2. The quantitative estimate of drug-likeness (QED) is 0.246. The summed E-state index contributed by atoms with van der Waals surface area (Å²) < 4.78 is 10.8. The molecule has 1 saturated heterocycles. The van der Waals surface area contributed by atoms with Crippen molar-refractivity contribution in [3.8, 4) is 11.5 Å². The van der Waals surface area contributed by atoms with Crippen LogP contribution in [0.3, 0.4) is 0 Å². The number of benzene rings is 1. The van der Waals surface area contributed by atoms with Gasteiger partial charge >= 0.3 is 0 Å². The highest BCUT2D eigenvalue weighted by Gasteiger charge is 2.17. The first-order valence-electron chi connectivity index (χ1n) is 10.4. The molecule has 1 aromatic carbocycles. The lowest BCUT2D eigenvalue weighted by atomic mass is 10.0. The second-order valence-electron chi connectivity index (χ2n) is 7.40. The third kappa shape index (κ3) is 6.99. The van der Waals surface area contributed by atoms with E-state index < -0.39 is 0 Å². The smallest absolute Gasteiger partial charge is 0.231 e. The predicted octanol–water partition coefficient (Wildman–Crippen LogP) is 3.74. The van der Waals surface area contributed by atoms with Gasteiger partial charge in [-0.25, -0.2) is 4.99 Å². The molecule has 158 valence electrons. The van der Waals surface area contributed by atoms with Crippen LogP contribution in [0.4, 0.5) is 0 Å². The van der Waals surface area contributed by atoms with E-state index in [4.69, 9.17) is 14.5 Å². The Bertz CT molecular complexity index is 626. The van der Waals surface area contributed by atoms with Gasteiger partial charge in [0.1, 0.15) is 0 Å². The van der Waals surface area contributed by atoms with Crippen molar-refractivity contribution >= 4 is 29.9 Å². The van der Waals surface area contributed by atoms with E-state index in [-0.39, 0.29) is 24.0 Å². The predicted molar refractivity (Wildman–Crippen MR) is 125 cm³/mol. The molecule has 2 aliphatic heterocycles. The molecule has 0 amide bonds. The van der Waals surface area contributed by atoms with Crippen molar-refractivity contribution in [2.75, 3.05) is 33.0 Å². The number of unbranched alkanes of at least 4 members (excludes halogenated alkanes) is 1. The fraction of sp³-hybridized carbons (Fsp3) is 0.667. The van der Waals surface area contributed by atoms with E-state index in [1.165, 1.54) is 38.8 Å². The monoisotopic (exact) mass is 502 g/mol. The summed E-state index contributed by atoms with van der Waals surface area (Å²) in [7, 11) is 0. The minimum atomic E-state index is 0. The summed E-state index contributed by atoms with van der Waals surface area (Å²) in [5, 5.41) is 6.78. The van der Waals surface area contributed by atoms with Gasteiger partial charge < -0.3 is 25.0 Å². The largest absolute Gasteiger partial charge is 0.454 e. The zero-order valence-corrected chi connectivity index (χ0v) is 19.5. The van der Waals surface area contributed by atoms with Crippen LogP contribution in [-0.4, -0.2) is 49.9 Å². The van der Waals surface area contributed by atoms with Gasteiger partial charge in [0.15, 0.2) is 17.5 Å². The van der Waals surface area contributed by atoms with Crippen LogP contribution >= 0.6 is 24.0 Å². The van der Waals surface area contributed by atoms with E-state index in [2.05, 4.69) is 29.4 Å². The van der Waals surface area contributed by atoms with Crippen LogP contribution in [0.5, 0.6) is 11.5 Å². The Morgan fingerprint density at radius 3 is 2.86 bits per heavy atom. The van der Waals surface area contributed by atoms with Crippen molar-refractivity contribution in [1.29, 1.82) is 0 Å². The SMILES string of the molecule is CCNC(=NCc1ccc2c(c1)OCO2)NCCCCN1CCCCC1C.I. The standard InChI is InChI=1S/C21H34N4O2.HI/c1-3-22-21(23-11-5-7-13-25-12-6-4-8-17(25)2)24-15-18-9-10-19-20(14-18)27-16-26-19;/h9-10,14,17H,3-8,11-13,15-16H2,1-2H3,(H2,22,23,24);1H. The molecule has 2 aliphatic rings. The summed E-state index contributed by atoms with van der Waals surface area (Å²) in [5.41, 5.74) is 1.12. The molecule has 0 bridgehead atoms. The van der Waals surface area contributed by atoms with Crippen molar-refractivity contribution in [3.05, 3.63) is 23.8 Å². The molecule has 2 heterocycles. The van der Waals surface area contributed by atoms with E-state index in [1.54, 1.807) is 0 Å². The molecule has 7 heteroatoms. The molecule has 1 unspecified atom stereocenters. The lowest BCUT2D eigenvalue weighted by Gasteiger charge is -2.33. The van der Waals surface area contributed by atoms with Crippen molar-refractivity contribution < 1.29 is 9.47 Å². The number of fused-ring (bicyclic) bond motifs is 1. The molecule has 6 nitrogen and oxygen atoms in total. The zero-order chi connectivity index (χ0) is 18.9. The Morgan fingerprint density at radius 2 is 2.04 bits per heavy atom. The summed E-state index contributed by atoms with van der Waals surface area (Å²) in [6, 6.07) is 6.76. The number of halogens is 1. The molecular weight excluding hydrogens is 467 g/mol. The van der Waals surface area contributed by atoms with Crippen LogP contribution in [0.2, 0.25) is 0 Å².